The quantitative estimate of drug-likeness (QED) is 0.665. The van der Waals surface area contributed by atoms with Gasteiger partial charge in [-0.3, -0.25) is 0 Å². The van der Waals surface area contributed by atoms with Gasteiger partial charge in [0.25, 0.3) is 5.92 Å². The van der Waals surface area contributed by atoms with Gasteiger partial charge in [0.15, 0.2) is 0 Å². The van der Waals surface area contributed by atoms with Crippen molar-refractivity contribution in [3.8, 4) is 5.75 Å². The maximum atomic E-state index is 12.5. The molecular weight excluding hydrogens is 150 g/mol. The summed E-state index contributed by atoms with van der Waals surface area (Å²) >= 11 is 0. The van der Waals surface area contributed by atoms with Crippen molar-refractivity contribution in [1.82, 2.24) is 0 Å². The summed E-state index contributed by atoms with van der Waals surface area (Å²) in [5.74, 6) is -2.83. The predicted octanol–water partition coefficient (Wildman–Crippen LogP) is 2.50. The standard InChI is InChI=1S/C8H8F2O/c1-8(9,10)6-2-4-7(11)5-3-6/h2-5,11H,1H3. The van der Waals surface area contributed by atoms with E-state index in [1.54, 1.807) is 0 Å². The molecule has 11 heavy (non-hydrogen) atoms. The van der Waals surface area contributed by atoms with Crippen molar-refractivity contribution in [2.24, 2.45) is 0 Å². The first kappa shape index (κ1) is 7.98. The van der Waals surface area contributed by atoms with Crippen LogP contribution in [0.25, 0.3) is 0 Å². The average Bonchev–Trinajstić information content (AvgIpc) is 1.86. The number of phenols is 1. The normalized spacial score (nSPS) is 11.5. The van der Waals surface area contributed by atoms with Gasteiger partial charge in [0.05, 0.1) is 0 Å². The summed E-state index contributed by atoms with van der Waals surface area (Å²) in [6, 6.07) is 4.89. The van der Waals surface area contributed by atoms with Gasteiger partial charge in [-0.1, -0.05) is 0 Å². The zero-order valence-corrected chi connectivity index (χ0v) is 6.01. The van der Waals surface area contributed by atoms with Crippen LogP contribution < -0.4 is 0 Å². The second kappa shape index (κ2) is 2.49. The lowest BCUT2D eigenvalue weighted by atomic mass is 10.1. The minimum Gasteiger partial charge on any atom is -0.508 e. The molecular formula is C8H8F2O. The van der Waals surface area contributed by atoms with Crippen LogP contribution >= 0.6 is 0 Å². The molecule has 0 spiro atoms. The van der Waals surface area contributed by atoms with Gasteiger partial charge in [0, 0.05) is 12.5 Å². The Morgan fingerprint density at radius 1 is 1.18 bits per heavy atom. The van der Waals surface area contributed by atoms with E-state index >= 15 is 0 Å². The van der Waals surface area contributed by atoms with Crippen LogP contribution in [0.3, 0.4) is 0 Å². The summed E-state index contributed by atoms with van der Waals surface area (Å²) in [6.07, 6.45) is 0. The van der Waals surface area contributed by atoms with E-state index in [0.717, 1.165) is 6.92 Å². The number of phenolic OH excluding ortho intramolecular Hbond substituents is 1. The number of rotatable bonds is 1. The molecule has 0 bridgehead atoms. The van der Waals surface area contributed by atoms with E-state index in [-0.39, 0.29) is 11.3 Å². The third-order valence-electron chi connectivity index (χ3n) is 1.37. The summed E-state index contributed by atoms with van der Waals surface area (Å²) in [4.78, 5) is 0. The van der Waals surface area contributed by atoms with Gasteiger partial charge in [-0.25, -0.2) is 8.78 Å². The topological polar surface area (TPSA) is 20.2 Å². The highest BCUT2D eigenvalue weighted by Gasteiger charge is 2.23. The van der Waals surface area contributed by atoms with Crippen molar-refractivity contribution in [2.75, 3.05) is 0 Å². The third kappa shape index (κ3) is 1.90. The Kier molecular flexibility index (Phi) is 1.81. The number of benzene rings is 1. The summed E-state index contributed by atoms with van der Waals surface area (Å²) in [6.45, 7) is 0.819. The molecule has 0 aliphatic heterocycles. The van der Waals surface area contributed by atoms with Crippen LogP contribution in [0.4, 0.5) is 8.78 Å². The molecule has 0 atom stereocenters. The van der Waals surface area contributed by atoms with E-state index in [1.807, 2.05) is 0 Å². The molecule has 0 aromatic heterocycles. The lowest BCUT2D eigenvalue weighted by molar-refractivity contribution is 0.0174. The lowest BCUT2D eigenvalue weighted by Crippen LogP contribution is -2.05. The highest BCUT2D eigenvalue weighted by atomic mass is 19.3. The Morgan fingerprint density at radius 2 is 1.64 bits per heavy atom. The van der Waals surface area contributed by atoms with E-state index in [2.05, 4.69) is 0 Å². The van der Waals surface area contributed by atoms with Gasteiger partial charge in [0.1, 0.15) is 5.75 Å². The van der Waals surface area contributed by atoms with Crippen molar-refractivity contribution in [3.05, 3.63) is 29.8 Å². The Labute approximate surface area is 63.3 Å². The number of hydrogen-bond acceptors (Lipinski definition) is 1. The minimum absolute atomic E-state index is 0.00185. The number of halogens is 2. The molecule has 0 amide bonds. The molecule has 1 aromatic carbocycles. The van der Waals surface area contributed by atoms with Crippen molar-refractivity contribution in [1.29, 1.82) is 0 Å². The van der Waals surface area contributed by atoms with Crippen molar-refractivity contribution in [3.63, 3.8) is 0 Å². The highest BCUT2D eigenvalue weighted by molar-refractivity contribution is 5.28. The van der Waals surface area contributed by atoms with Gasteiger partial charge < -0.3 is 5.11 Å². The molecule has 1 rings (SSSR count). The zero-order valence-electron chi connectivity index (χ0n) is 6.01. The van der Waals surface area contributed by atoms with Crippen LogP contribution in [0.1, 0.15) is 12.5 Å². The molecule has 1 aromatic rings. The highest BCUT2D eigenvalue weighted by Crippen LogP contribution is 2.27. The maximum absolute atomic E-state index is 12.5. The summed E-state index contributed by atoms with van der Waals surface area (Å²) in [5, 5.41) is 8.78. The molecule has 0 aliphatic rings. The number of aromatic hydroxyl groups is 1. The van der Waals surface area contributed by atoms with Crippen LogP contribution in [0.2, 0.25) is 0 Å². The van der Waals surface area contributed by atoms with Crippen molar-refractivity contribution < 1.29 is 13.9 Å². The van der Waals surface area contributed by atoms with Gasteiger partial charge in [-0.15, -0.1) is 0 Å². The maximum Gasteiger partial charge on any atom is 0.270 e. The fraction of sp³-hybridized carbons (Fsp3) is 0.250. The molecule has 0 radical (unpaired) electrons. The van der Waals surface area contributed by atoms with Crippen LogP contribution in [-0.4, -0.2) is 5.11 Å². The molecule has 0 aliphatic carbocycles. The predicted molar refractivity (Wildman–Crippen MR) is 37.7 cm³/mol. The fourth-order valence-corrected chi connectivity index (χ4v) is 0.754. The van der Waals surface area contributed by atoms with Gasteiger partial charge >= 0.3 is 0 Å². The molecule has 1 nitrogen and oxygen atoms in total. The van der Waals surface area contributed by atoms with Crippen LogP contribution in [0, 0.1) is 0 Å². The number of alkyl halides is 2. The van der Waals surface area contributed by atoms with E-state index in [9.17, 15) is 8.78 Å². The van der Waals surface area contributed by atoms with Gasteiger partial charge in [-0.05, 0) is 24.3 Å². The van der Waals surface area contributed by atoms with E-state index in [1.165, 1.54) is 24.3 Å². The first-order valence-corrected chi connectivity index (χ1v) is 3.17. The number of hydrogen-bond donors (Lipinski definition) is 1. The van der Waals surface area contributed by atoms with E-state index in [0.29, 0.717) is 0 Å². The smallest absolute Gasteiger partial charge is 0.270 e. The second-order valence-corrected chi connectivity index (χ2v) is 2.44. The third-order valence-corrected chi connectivity index (χ3v) is 1.37. The molecule has 3 heteroatoms. The summed E-state index contributed by atoms with van der Waals surface area (Å²) in [5.41, 5.74) is -0.0877. The van der Waals surface area contributed by atoms with Crippen molar-refractivity contribution >= 4 is 0 Å². The summed E-state index contributed by atoms with van der Waals surface area (Å²) < 4.78 is 25.0. The minimum atomic E-state index is -2.83. The SMILES string of the molecule is CC(F)(F)c1ccc(O)cc1. The fourth-order valence-electron chi connectivity index (χ4n) is 0.754. The average molecular weight is 158 g/mol. The summed E-state index contributed by atoms with van der Waals surface area (Å²) in [7, 11) is 0. The Morgan fingerprint density at radius 3 is 2.00 bits per heavy atom. The van der Waals surface area contributed by atoms with Crippen LogP contribution in [0.15, 0.2) is 24.3 Å². The molecule has 0 heterocycles. The first-order chi connectivity index (χ1) is 5.00. The Hall–Kier alpha value is -1.12. The largest absolute Gasteiger partial charge is 0.508 e. The van der Waals surface area contributed by atoms with Crippen LogP contribution in [0.5, 0.6) is 5.75 Å². The second-order valence-electron chi connectivity index (χ2n) is 2.44. The molecule has 0 saturated heterocycles. The molecule has 0 fully saturated rings. The lowest BCUT2D eigenvalue weighted by Gasteiger charge is -2.09. The monoisotopic (exact) mass is 158 g/mol. The molecule has 1 N–H and O–H groups in total. The van der Waals surface area contributed by atoms with E-state index < -0.39 is 5.92 Å². The zero-order chi connectivity index (χ0) is 8.48. The van der Waals surface area contributed by atoms with Gasteiger partial charge in [-0.2, -0.15) is 0 Å². The van der Waals surface area contributed by atoms with Crippen LogP contribution in [-0.2, 0) is 5.92 Å². The van der Waals surface area contributed by atoms with Gasteiger partial charge in [0.2, 0.25) is 0 Å². The van der Waals surface area contributed by atoms with E-state index in [4.69, 9.17) is 5.11 Å². The Bertz CT molecular complexity index is 235. The molecule has 60 valence electrons. The first-order valence-electron chi connectivity index (χ1n) is 3.17. The molecule has 0 unspecified atom stereocenters. The Balaban J connectivity index is 2.99. The molecule has 0 saturated carbocycles. The van der Waals surface area contributed by atoms with Crippen molar-refractivity contribution in [2.45, 2.75) is 12.8 Å².